The Kier molecular flexibility index (Phi) is 12.4. The molecular weight excluding hydrogens is 523 g/mol. The van der Waals surface area contributed by atoms with Gasteiger partial charge in [-0.1, -0.05) is 12.1 Å². The lowest BCUT2D eigenvalue weighted by Gasteiger charge is -2.29. The standard InChI is InChI=1S/C22H38N6O3.HI/c1-15(2)26-19(29)27-17-11-9-16(10-12-17)13-24-18(23-8)25-14-22(6,7)28-20(30)31-21(3,4)5;/h9-12,15H,13-14H2,1-8H3,(H,28,30)(H2,23,24,25)(H2,26,27,29);1H. The third-order valence-electron chi connectivity index (χ3n) is 3.85. The molecule has 0 saturated heterocycles. The van der Waals surface area contributed by atoms with Crippen LogP contribution in [0.4, 0.5) is 15.3 Å². The predicted octanol–water partition coefficient (Wildman–Crippen LogP) is 3.80. The second kappa shape index (κ2) is 13.3. The zero-order valence-corrected chi connectivity index (χ0v) is 22.7. The Morgan fingerprint density at radius 2 is 1.62 bits per heavy atom. The van der Waals surface area contributed by atoms with Crippen molar-refractivity contribution in [3.05, 3.63) is 29.8 Å². The van der Waals surface area contributed by atoms with Gasteiger partial charge in [0.2, 0.25) is 0 Å². The zero-order chi connectivity index (χ0) is 23.7. The van der Waals surface area contributed by atoms with E-state index in [1.54, 1.807) is 7.05 Å². The van der Waals surface area contributed by atoms with Gasteiger partial charge in [0.25, 0.3) is 0 Å². The van der Waals surface area contributed by atoms with E-state index in [-0.39, 0.29) is 36.0 Å². The number of amides is 3. The maximum Gasteiger partial charge on any atom is 0.408 e. The van der Waals surface area contributed by atoms with Crippen LogP contribution in [0.3, 0.4) is 0 Å². The van der Waals surface area contributed by atoms with Crippen molar-refractivity contribution >= 4 is 47.7 Å². The quantitative estimate of drug-likeness (QED) is 0.197. The first kappa shape index (κ1) is 29.8. The van der Waals surface area contributed by atoms with Crippen LogP contribution < -0.4 is 26.6 Å². The highest BCUT2D eigenvalue weighted by Crippen LogP contribution is 2.10. The lowest BCUT2D eigenvalue weighted by atomic mass is 10.1. The average molecular weight is 562 g/mol. The minimum Gasteiger partial charge on any atom is -0.444 e. The molecule has 3 amide bonds. The maximum absolute atomic E-state index is 12.0. The normalized spacial score (nSPS) is 11.8. The lowest BCUT2D eigenvalue weighted by molar-refractivity contribution is 0.0474. The third-order valence-corrected chi connectivity index (χ3v) is 3.85. The number of carbonyl (C=O) groups excluding carboxylic acids is 2. The SMILES string of the molecule is CN=C(NCc1ccc(NC(=O)NC(C)C)cc1)NCC(C)(C)NC(=O)OC(C)(C)C.I. The summed E-state index contributed by atoms with van der Waals surface area (Å²) in [7, 11) is 1.68. The number of aliphatic imine (C=N–C) groups is 1. The third kappa shape index (κ3) is 13.2. The Balaban J connectivity index is 0.00000961. The van der Waals surface area contributed by atoms with Crippen molar-refractivity contribution in [3.63, 3.8) is 0 Å². The topological polar surface area (TPSA) is 116 Å². The van der Waals surface area contributed by atoms with Crippen molar-refractivity contribution in [2.75, 3.05) is 18.9 Å². The fourth-order valence-electron chi connectivity index (χ4n) is 2.47. The zero-order valence-electron chi connectivity index (χ0n) is 20.4. The van der Waals surface area contributed by atoms with Crippen molar-refractivity contribution < 1.29 is 14.3 Å². The Morgan fingerprint density at radius 1 is 1.03 bits per heavy atom. The molecule has 0 aromatic heterocycles. The molecule has 1 rings (SSSR count). The summed E-state index contributed by atoms with van der Waals surface area (Å²) in [6.07, 6.45) is -0.460. The molecule has 0 fully saturated rings. The van der Waals surface area contributed by atoms with E-state index in [1.165, 1.54) is 0 Å². The summed E-state index contributed by atoms with van der Waals surface area (Å²) in [4.78, 5) is 28.0. The summed E-state index contributed by atoms with van der Waals surface area (Å²) < 4.78 is 5.31. The number of carbonyl (C=O) groups is 2. The minimum atomic E-state index is -0.547. The van der Waals surface area contributed by atoms with Crippen LogP contribution in [-0.4, -0.2) is 48.9 Å². The van der Waals surface area contributed by atoms with Crippen molar-refractivity contribution in [1.82, 2.24) is 21.3 Å². The van der Waals surface area contributed by atoms with E-state index in [9.17, 15) is 9.59 Å². The van der Waals surface area contributed by atoms with Crippen LogP contribution in [0.1, 0.15) is 54.0 Å². The highest BCUT2D eigenvalue weighted by Gasteiger charge is 2.24. The van der Waals surface area contributed by atoms with Crippen LogP contribution in [0.5, 0.6) is 0 Å². The molecule has 0 saturated carbocycles. The number of nitrogens with one attached hydrogen (secondary N) is 5. The molecule has 1 aromatic carbocycles. The highest BCUT2D eigenvalue weighted by atomic mass is 127. The molecule has 0 unspecified atom stereocenters. The van der Waals surface area contributed by atoms with Gasteiger partial charge in [0.05, 0.1) is 5.54 Å². The molecule has 1 aromatic rings. The van der Waals surface area contributed by atoms with E-state index in [1.807, 2.05) is 72.7 Å². The van der Waals surface area contributed by atoms with Gasteiger partial charge in [-0.05, 0) is 66.2 Å². The van der Waals surface area contributed by atoms with Crippen LogP contribution >= 0.6 is 24.0 Å². The van der Waals surface area contributed by atoms with Gasteiger partial charge in [-0.25, -0.2) is 9.59 Å². The molecule has 0 spiro atoms. The molecule has 0 radical (unpaired) electrons. The Labute approximate surface area is 208 Å². The molecule has 10 heteroatoms. The summed E-state index contributed by atoms with van der Waals surface area (Å²) >= 11 is 0. The Hall–Kier alpha value is -2.24. The van der Waals surface area contributed by atoms with Crippen LogP contribution in [0, 0.1) is 0 Å². The number of benzene rings is 1. The molecule has 5 N–H and O–H groups in total. The average Bonchev–Trinajstić information content (AvgIpc) is 2.60. The molecule has 0 atom stereocenters. The van der Waals surface area contributed by atoms with Crippen LogP contribution in [0.15, 0.2) is 29.3 Å². The molecule has 0 bridgehead atoms. The predicted molar refractivity (Wildman–Crippen MR) is 141 cm³/mol. The fraction of sp³-hybridized carbons (Fsp3) is 0.591. The van der Waals surface area contributed by atoms with Crippen molar-refractivity contribution in [3.8, 4) is 0 Å². The lowest BCUT2D eigenvalue weighted by Crippen LogP contribution is -2.54. The van der Waals surface area contributed by atoms with Gasteiger partial charge in [-0.3, -0.25) is 4.99 Å². The second-order valence-corrected chi connectivity index (χ2v) is 9.24. The molecule has 0 aliphatic carbocycles. The first-order valence-corrected chi connectivity index (χ1v) is 10.4. The molecule has 0 aliphatic heterocycles. The van der Waals surface area contributed by atoms with E-state index >= 15 is 0 Å². The van der Waals surface area contributed by atoms with Crippen LogP contribution in [-0.2, 0) is 11.3 Å². The molecule has 9 nitrogen and oxygen atoms in total. The summed E-state index contributed by atoms with van der Waals surface area (Å²) in [5.41, 5.74) is 0.668. The Morgan fingerprint density at radius 3 is 2.12 bits per heavy atom. The largest absolute Gasteiger partial charge is 0.444 e. The summed E-state index contributed by atoms with van der Waals surface area (Å²) in [6.45, 7) is 14.1. The number of hydrogen-bond acceptors (Lipinski definition) is 4. The van der Waals surface area contributed by atoms with E-state index < -0.39 is 17.2 Å². The van der Waals surface area contributed by atoms with Crippen LogP contribution in [0.2, 0.25) is 0 Å². The molecule has 0 heterocycles. The summed E-state index contributed by atoms with van der Waals surface area (Å²) in [5.74, 6) is 0.609. The number of urea groups is 1. The van der Waals surface area contributed by atoms with Gasteiger partial charge < -0.3 is 31.3 Å². The summed E-state index contributed by atoms with van der Waals surface area (Å²) in [6, 6.07) is 7.40. The van der Waals surface area contributed by atoms with Gasteiger partial charge in [0.1, 0.15) is 5.60 Å². The molecular formula is C22H39IN6O3. The first-order chi connectivity index (χ1) is 14.3. The number of rotatable bonds is 7. The maximum atomic E-state index is 12.0. The van der Waals surface area contributed by atoms with Crippen molar-refractivity contribution in [2.45, 2.75) is 72.2 Å². The van der Waals surface area contributed by atoms with Gasteiger partial charge in [-0.2, -0.15) is 0 Å². The van der Waals surface area contributed by atoms with Crippen molar-refractivity contribution in [1.29, 1.82) is 0 Å². The number of hydrogen-bond donors (Lipinski definition) is 5. The van der Waals surface area contributed by atoms with E-state index in [0.717, 1.165) is 11.3 Å². The van der Waals surface area contributed by atoms with Crippen molar-refractivity contribution in [2.24, 2.45) is 4.99 Å². The van der Waals surface area contributed by atoms with Gasteiger partial charge in [-0.15, -0.1) is 24.0 Å². The van der Waals surface area contributed by atoms with Gasteiger partial charge >= 0.3 is 12.1 Å². The number of alkyl carbamates (subject to hydrolysis) is 1. The summed E-state index contributed by atoms with van der Waals surface area (Å²) in [5, 5.41) is 14.9. The number of anilines is 1. The van der Waals surface area contributed by atoms with Gasteiger partial charge in [0.15, 0.2) is 5.96 Å². The van der Waals surface area contributed by atoms with Crippen LogP contribution in [0.25, 0.3) is 0 Å². The molecule has 32 heavy (non-hydrogen) atoms. The van der Waals surface area contributed by atoms with E-state index in [0.29, 0.717) is 19.0 Å². The number of guanidine groups is 1. The highest BCUT2D eigenvalue weighted by molar-refractivity contribution is 14.0. The second-order valence-electron chi connectivity index (χ2n) is 9.24. The van der Waals surface area contributed by atoms with E-state index in [4.69, 9.17) is 4.74 Å². The van der Waals surface area contributed by atoms with Gasteiger partial charge in [0, 0.05) is 31.9 Å². The number of halogens is 1. The Bertz CT molecular complexity index is 758. The molecule has 182 valence electrons. The number of ether oxygens (including phenoxy) is 1. The fourth-order valence-corrected chi connectivity index (χ4v) is 2.47. The first-order valence-electron chi connectivity index (χ1n) is 10.4. The smallest absolute Gasteiger partial charge is 0.408 e. The van der Waals surface area contributed by atoms with E-state index in [2.05, 4.69) is 31.6 Å². The minimum absolute atomic E-state index is 0. The molecule has 0 aliphatic rings. The monoisotopic (exact) mass is 562 g/mol. The number of nitrogens with zero attached hydrogens (tertiary/aromatic N) is 1.